The molecule has 0 spiro atoms. The van der Waals surface area contributed by atoms with Crippen molar-refractivity contribution in [1.29, 1.82) is 0 Å². The van der Waals surface area contributed by atoms with Gasteiger partial charge in [-0.05, 0) is 18.7 Å². The summed E-state index contributed by atoms with van der Waals surface area (Å²) in [5, 5.41) is 10.7. The Morgan fingerprint density at radius 3 is 2.82 bits per heavy atom. The lowest BCUT2D eigenvalue weighted by Gasteiger charge is -2.05. The van der Waals surface area contributed by atoms with Gasteiger partial charge in [-0.3, -0.25) is 4.79 Å². The number of benzene rings is 1. The molecule has 0 amide bonds. The third-order valence-electron chi connectivity index (χ3n) is 2.37. The Bertz CT molecular complexity index is 492. The highest BCUT2D eigenvalue weighted by Gasteiger charge is 2.13. The van der Waals surface area contributed by atoms with Gasteiger partial charge in [0.1, 0.15) is 5.69 Å². The third kappa shape index (κ3) is 2.57. The number of hydrogen-bond acceptors (Lipinski definition) is 4. The van der Waals surface area contributed by atoms with Gasteiger partial charge in [-0.1, -0.05) is 30.3 Å². The first kappa shape index (κ1) is 11.5. The van der Waals surface area contributed by atoms with Crippen LogP contribution in [-0.2, 0) is 0 Å². The molecule has 5 heteroatoms. The summed E-state index contributed by atoms with van der Waals surface area (Å²) in [7, 11) is 0. The first-order valence-corrected chi connectivity index (χ1v) is 5.53. The number of para-hydroxylation sites is 1. The maximum atomic E-state index is 11.9. The molecule has 2 aromatic rings. The Labute approximate surface area is 99.5 Å². The fourth-order valence-corrected chi connectivity index (χ4v) is 1.51. The van der Waals surface area contributed by atoms with Crippen LogP contribution in [0.1, 0.15) is 17.4 Å². The molecule has 1 heterocycles. The maximum absolute atomic E-state index is 11.9. The number of Topliss-reactive ketones (excluding diaryl/α,β-unsaturated/α-hetero) is 1. The van der Waals surface area contributed by atoms with Crippen LogP contribution < -0.4 is 5.32 Å². The average molecular weight is 230 g/mol. The third-order valence-corrected chi connectivity index (χ3v) is 2.37. The number of ketones is 1. The van der Waals surface area contributed by atoms with Gasteiger partial charge in [-0.2, -0.15) is 0 Å². The van der Waals surface area contributed by atoms with Crippen LogP contribution >= 0.6 is 0 Å². The fraction of sp³-hybridized carbons (Fsp3) is 0.250. The van der Waals surface area contributed by atoms with E-state index in [9.17, 15) is 4.79 Å². The minimum absolute atomic E-state index is 0.0132. The highest BCUT2D eigenvalue weighted by molar-refractivity contribution is 5.96. The van der Waals surface area contributed by atoms with E-state index in [1.54, 1.807) is 4.68 Å². The zero-order valence-electron chi connectivity index (χ0n) is 9.63. The van der Waals surface area contributed by atoms with Crippen molar-refractivity contribution >= 4 is 5.78 Å². The van der Waals surface area contributed by atoms with Crippen LogP contribution in [0.25, 0.3) is 5.69 Å². The first-order valence-electron chi connectivity index (χ1n) is 5.53. The Kier molecular flexibility index (Phi) is 3.62. The molecule has 0 aliphatic heterocycles. The number of aromatic nitrogens is 3. The predicted octanol–water partition coefficient (Wildman–Crippen LogP) is 1.06. The van der Waals surface area contributed by atoms with E-state index >= 15 is 0 Å². The van der Waals surface area contributed by atoms with Crippen molar-refractivity contribution in [3.8, 4) is 5.69 Å². The molecular weight excluding hydrogens is 216 g/mol. The largest absolute Gasteiger partial charge is 0.310 e. The SMILES string of the molecule is CCNCC(=O)c1cnnn1-c1ccccc1. The summed E-state index contributed by atoms with van der Waals surface area (Å²) in [6.07, 6.45) is 1.49. The van der Waals surface area contributed by atoms with Gasteiger partial charge in [0, 0.05) is 0 Å². The quantitative estimate of drug-likeness (QED) is 0.780. The normalized spacial score (nSPS) is 10.4. The molecule has 17 heavy (non-hydrogen) atoms. The lowest BCUT2D eigenvalue weighted by atomic mass is 10.2. The summed E-state index contributed by atoms with van der Waals surface area (Å²) in [6, 6.07) is 9.49. The number of nitrogens with one attached hydrogen (secondary N) is 1. The average Bonchev–Trinajstić information content (AvgIpc) is 2.86. The van der Waals surface area contributed by atoms with Crippen molar-refractivity contribution < 1.29 is 4.79 Å². The van der Waals surface area contributed by atoms with Crippen LogP contribution in [-0.4, -0.2) is 33.9 Å². The van der Waals surface area contributed by atoms with Gasteiger partial charge in [0.05, 0.1) is 18.4 Å². The van der Waals surface area contributed by atoms with Gasteiger partial charge >= 0.3 is 0 Å². The minimum Gasteiger partial charge on any atom is -0.310 e. The summed E-state index contributed by atoms with van der Waals surface area (Å²) in [5.74, 6) is -0.0132. The zero-order valence-corrected chi connectivity index (χ0v) is 9.63. The standard InChI is InChI=1S/C12H14N4O/c1-2-13-9-12(17)11-8-14-15-16(11)10-6-4-3-5-7-10/h3-8,13H,2,9H2,1H3. The van der Waals surface area contributed by atoms with E-state index in [2.05, 4.69) is 15.6 Å². The molecule has 1 aromatic heterocycles. The van der Waals surface area contributed by atoms with Crippen molar-refractivity contribution in [1.82, 2.24) is 20.3 Å². The van der Waals surface area contributed by atoms with Crippen LogP contribution in [0, 0.1) is 0 Å². The molecule has 0 saturated heterocycles. The lowest BCUT2D eigenvalue weighted by Crippen LogP contribution is -2.24. The molecule has 88 valence electrons. The minimum atomic E-state index is -0.0132. The number of rotatable bonds is 5. The molecule has 1 N–H and O–H groups in total. The van der Waals surface area contributed by atoms with Gasteiger partial charge in [0.2, 0.25) is 0 Å². The van der Waals surface area contributed by atoms with E-state index < -0.39 is 0 Å². The van der Waals surface area contributed by atoms with Gasteiger partial charge in [-0.25, -0.2) is 4.68 Å². The van der Waals surface area contributed by atoms with E-state index in [1.807, 2.05) is 37.3 Å². The van der Waals surface area contributed by atoms with Crippen LogP contribution in [0.2, 0.25) is 0 Å². The molecule has 5 nitrogen and oxygen atoms in total. The summed E-state index contributed by atoms with van der Waals surface area (Å²) >= 11 is 0. The number of nitrogens with zero attached hydrogens (tertiary/aromatic N) is 3. The van der Waals surface area contributed by atoms with Crippen molar-refractivity contribution in [3.05, 3.63) is 42.2 Å². The molecule has 0 bridgehead atoms. The van der Waals surface area contributed by atoms with E-state index in [4.69, 9.17) is 0 Å². The maximum Gasteiger partial charge on any atom is 0.196 e. The van der Waals surface area contributed by atoms with Crippen LogP contribution in [0.5, 0.6) is 0 Å². The summed E-state index contributed by atoms with van der Waals surface area (Å²) in [5.41, 5.74) is 1.34. The van der Waals surface area contributed by atoms with Gasteiger partial charge < -0.3 is 5.32 Å². The Hall–Kier alpha value is -2.01. The van der Waals surface area contributed by atoms with Crippen molar-refractivity contribution in [2.75, 3.05) is 13.1 Å². The van der Waals surface area contributed by atoms with E-state index in [1.165, 1.54) is 6.20 Å². The zero-order chi connectivity index (χ0) is 12.1. The van der Waals surface area contributed by atoms with Crippen molar-refractivity contribution in [2.24, 2.45) is 0 Å². The summed E-state index contributed by atoms with van der Waals surface area (Å²) in [6.45, 7) is 3.02. The summed E-state index contributed by atoms with van der Waals surface area (Å²) in [4.78, 5) is 11.9. The first-order chi connectivity index (χ1) is 8.33. The van der Waals surface area contributed by atoms with Gasteiger partial charge in [0.25, 0.3) is 0 Å². The molecule has 0 atom stereocenters. The summed E-state index contributed by atoms with van der Waals surface area (Å²) < 4.78 is 1.56. The Morgan fingerprint density at radius 1 is 1.35 bits per heavy atom. The molecule has 0 aliphatic carbocycles. The highest BCUT2D eigenvalue weighted by atomic mass is 16.1. The monoisotopic (exact) mass is 230 g/mol. The van der Waals surface area contributed by atoms with Crippen molar-refractivity contribution in [2.45, 2.75) is 6.92 Å². The van der Waals surface area contributed by atoms with Gasteiger partial charge in [0.15, 0.2) is 5.78 Å². The molecule has 0 saturated carbocycles. The Morgan fingerprint density at radius 2 is 2.12 bits per heavy atom. The topological polar surface area (TPSA) is 59.8 Å². The molecule has 0 fully saturated rings. The van der Waals surface area contributed by atoms with E-state index in [0.29, 0.717) is 12.2 Å². The predicted molar refractivity (Wildman–Crippen MR) is 64.2 cm³/mol. The second kappa shape index (κ2) is 5.36. The molecule has 0 radical (unpaired) electrons. The molecule has 0 aliphatic rings. The second-order valence-electron chi connectivity index (χ2n) is 3.57. The highest BCUT2D eigenvalue weighted by Crippen LogP contribution is 2.08. The molecular formula is C12H14N4O. The van der Waals surface area contributed by atoms with Crippen LogP contribution in [0.15, 0.2) is 36.5 Å². The number of hydrogen-bond donors (Lipinski definition) is 1. The number of carbonyl (C=O) groups excluding carboxylic acids is 1. The lowest BCUT2D eigenvalue weighted by molar-refractivity contribution is 0.0984. The number of likely N-dealkylation sites (N-methyl/N-ethyl adjacent to an activating group) is 1. The smallest absolute Gasteiger partial charge is 0.196 e. The van der Waals surface area contributed by atoms with E-state index in [0.717, 1.165) is 12.2 Å². The molecule has 0 unspecified atom stereocenters. The fourth-order valence-electron chi connectivity index (χ4n) is 1.51. The van der Waals surface area contributed by atoms with Crippen molar-refractivity contribution in [3.63, 3.8) is 0 Å². The second-order valence-corrected chi connectivity index (χ2v) is 3.57. The number of carbonyl (C=O) groups is 1. The van der Waals surface area contributed by atoms with Crippen LogP contribution in [0.3, 0.4) is 0 Å². The molecule has 1 aromatic carbocycles. The van der Waals surface area contributed by atoms with Gasteiger partial charge in [-0.15, -0.1) is 5.10 Å². The van der Waals surface area contributed by atoms with E-state index in [-0.39, 0.29) is 5.78 Å². The Balaban J connectivity index is 2.26. The molecule has 2 rings (SSSR count). The van der Waals surface area contributed by atoms with Crippen LogP contribution in [0.4, 0.5) is 0 Å².